The third-order valence-corrected chi connectivity index (χ3v) is 3.68. The van der Waals surface area contributed by atoms with Gasteiger partial charge in [0, 0.05) is 34.7 Å². The summed E-state index contributed by atoms with van der Waals surface area (Å²) in [7, 11) is 0. The molecule has 0 saturated heterocycles. The minimum absolute atomic E-state index is 0.0603. The van der Waals surface area contributed by atoms with E-state index in [4.69, 9.17) is 0 Å². The second-order valence-electron chi connectivity index (χ2n) is 6.88. The van der Waals surface area contributed by atoms with Crippen LogP contribution in [0.5, 0.6) is 0 Å². The molecular formula is C14H30N2S2. The van der Waals surface area contributed by atoms with Crippen LogP contribution in [-0.2, 0) is 0 Å². The highest BCUT2D eigenvalue weighted by Crippen LogP contribution is 2.21. The summed E-state index contributed by atoms with van der Waals surface area (Å²) >= 11 is 9.17. The maximum absolute atomic E-state index is 4.59. The Morgan fingerprint density at radius 1 is 0.833 bits per heavy atom. The van der Waals surface area contributed by atoms with E-state index in [0.29, 0.717) is 12.1 Å². The van der Waals surface area contributed by atoms with Crippen molar-refractivity contribution in [1.29, 1.82) is 0 Å². The Kier molecular flexibility index (Phi) is 6.36. The standard InChI is InChI=1S/C14H30N2S2/c1-13(2,17)9-15-11-7-5-6-8-12(11)16-10-14(3,4)18/h11-12,15-18H,5-10H2,1-4H3/t11-,12-/m0/s1. The van der Waals surface area contributed by atoms with Gasteiger partial charge in [0.2, 0.25) is 0 Å². The van der Waals surface area contributed by atoms with Crippen LogP contribution >= 0.6 is 25.3 Å². The third kappa shape index (κ3) is 7.27. The molecule has 0 heterocycles. The fraction of sp³-hybridized carbons (Fsp3) is 1.00. The average molecular weight is 291 g/mol. The number of thiol groups is 2. The molecule has 0 aromatic heterocycles. The van der Waals surface area contributed by atoms with Gasteiger partial charge in [0.25, 0.3) is 0 Å². The lowest BCUT2D eigenvalue weighted by Gasteiger charge is -2.36. The first-order chi connectivity index (χ1) is 8.17. The molecule has 0 unspecified atom stereocenters. The average Bonchev–Trinajstić information content (AvgIpc) is 2.22. The molecule has 0 bridgehead atoms. The highest BCUT2D eigenvalue weighted by atomic mass is 32.1. The van der Waals surface area contributed by atoms with Crippen LogP contribution in [0.4, 0.5) is 0 Å². The Labute approximate surface area is 124 Å². The number of hydrogen-bond donors (Lipinski definition) is 4. The quantitative estimate of drug-likeness (QED) is 0.566. The lowest BCUT2D eigenvalue weighted by molar-refractivity contribution is 0.276. The zero-order valence-electron chi connectivity index (χ0n) is 12.3. The Morgan fingerprint density at radius 3 is 1.44 bits per heavy atom. The van der Waals surface area contributed by atoms with Crippen LogP contribution in [0.25, 0.3) is 0 Å². The lowest BCUT2D eigenvalue weighted by Crippen LogP contribution is -2.53. The molecule has 0 aliphatic heterocycles. The number of nitrogens with one attached hydrogen (secondary N) is 2. The molecule has 108 valence electrons. The van der Waals surface area contributed by atoms with E-state index >= 15 is 0 Å². The highest BCUT2D eigenvalue weighted by Gasteiger charge is 2.27. The van der Waals surface area contributed by atoms with Crippen molar-refractivity contribution in [2.75, 3.05) is 13.1 Å². The smallest absolute Gasteiger partial charge is 0.0221 e. The summed E-state index contributed by atoms with van der Waals surface area (Å²) < 4.78 is 0.121. The second-order valence-corrected chi connectivity index (χ2v) is 9.31. The molecule has 2 atom stereocenters. The van der Waals surface area contributed by atoms with Crippen LogP contribution in [0.1, 0.15) is 53.4 Å². The summed E-state index contributed by atoms with van der Waals surface area (Å²) in [4.78, 5) is 0. The van der Waals surface area contributed by atoms with Crippen LogP contribution in [0, 0.1) is 0 Å². The fourth-order valence-corrected chi connectivity index (χ4v) is 2.56. The second kappa shape index (κ2) is 6.87. The van der Waals surface area contributed by atoms with Crippen LogP contribution < -0.4 is 10.6 Å². The van der Waals surface area contributed by atoms with Gasteiger partial charge in [-0.15, -0.1) is 0 Å². The molecule has 1 aliphatic rings. The maximum Gasteiger partial charge on any atom is 0.0221 e. The largest absolute Gasteiger partial charge is 0.311 e. The first-order valence-corrected chi connectivity index (χ1v) is 7.98. The van der Waals surface area contributed by atoms with Crippen molar-refractivity contribution in [1.82, 2.24) is 10.6 Å². The van der Waals surface area contributed by atoms with Gasteiger partial charge in [0.1, 0.15) is 0 Å². The molecule has 0 amide bonds. The summed E-state index contributed by atoms with van der Waals surface area (Å²) in [6, 6.07) is 1.17. The Balaban J connectivity index is 2.42. The molecule has 1 saturated carbocycles. The molecule has 1 fully saturated rings. The predicted molar refractivity (Wildman–Crippen MR) is 88.2 cm³/mol. The first-order valence-electron chi connectivity index (χ1n) is 7.09. The Bertz CT molecular complexity index is 217. The lowest BCUT2D eigenvalue weighted by atomic mass is 9.89. The summed E-state index contributed by atoms with van der Waals surface area (Å²) in [5, 5.41) is 7.37. The molecule has 0 aromatic rings. The fourth-order valence-electron chi connectivity index (χ4n) is 2.38. The zero-order valence-corrected chi connectivity index (χ0v) is 14.1. The van der Waals surface area contributed by atoms with Gasteiger partial charge in [-0.25, -0.2) is 0 Å². The van der Waals surface area contributed by atoms with Crippen LogP contribution in [-0.4, -0.2) is 34.7 Å². The molecule has 1 aliphatic carbocycles. The molecular weight excluding hydrogens is 260 g/mol. The molecule has 4 heteroatoms. The van der Waals surface area contributed by atoms with Gasteiger partial charge in [-0.1, -0.05) is 12.8 Å². The summed E-state index contributed by atoms with van der Waals surface area (Å²) in [6.45, 7) is 10.6. The monoisotopic (exact) mass is 290 g/mol. The van der Waals surface area contributed by atoms with Crippen LogP contribution in [0.2, 0.25) is 0 Å². The molecule has 0 radical (unpaired) electrons. The van der Waals surface area contributed by atoms with E-state index in [-0.39, 0.29) is 9.49 Å². The Morgan fingerprint density at radius 2 is 1.17 bits per heavy atom. The van der Waals surface area contributed by atoms with Crippen LogP contribution in [0.15, 0.2) is 0 Å². The van der Waals surface area contributed by atoms with E-state index in [1.54, 1.807) is 0 Å². The van der Waals surface area contributed by atoms with Gasteiger partial charge in [0.15, 0.2) is 0 Å². The van der Waals surface area contributed by atoms with E-state index in [1.807, 2.05) is 0 Å². The zero-order chi connectivity index (χ0) is 13.8. The minimum atomic E-state index is 0.0603. The van der Waals surface area contributed by atoms with Gasteiger partial charge < -0.3 is 10.6 Å². The topological polar surface area (TPSA) is 24.1 Å². The predicted octanol–water partition coefficient (Wildman–Crippen LogP) is 2.89. The van der Waals surface area contributed by atoms with Gasteiger partial charge in [-0.2, -0.15) is 25.3 Å². The van der Waals surface area contributed by atoms with Crippen molar-refractivity contribution in [2.45, 2.75) is 75.0 Å². The van der Waals surface area contributed by atoms with E-state index in [9.17, 15) is 0 Å². The van der Waals surface area contributed by atoms with Gasteiger partial charge in [-0.05, 0) is 40.5 Å². The van der Waals surface area contributed by atoms with Crippen molar-refractivity contribution >= 4 is 25.3 Å². The van der Waals surface area contributed by atoms with Crippen molar-refractivity contribution in [3.05, 3.63) is 0 Å². The SMILES string of the molecule is CC(C)(S)CN[C@H]1CCCC[C@@H]1NCC(C)(C)S. The van der Waals surface area contributed by atoms with Crippen molar-refractivity contribution in [3.63, 3.8) is 0 Å². The van der Waals surface area contributed by atoms with Crippen LogP contribution in [0.3, 0.4) is 0 Å². The molecule has 0 aromatic carbocycles. The van der Waals surface area contributed by atoms with E-state index in [2.05, 4.69) is 63.6 Å². The molecule has 0 spiro atoms. The van der Waals surface area contributed by atoms with Crippen molar-refractivity contribution < 1.29 is 0 Å². The van der Waals surface area contributed by atoms with Gasteiger partial charge in [0.05, 0.1) is 0 Å². The summed E-state index contributed by atoms with van der Waals surface area (Å²) in [5.74, 6) is 0. The van der Waals surface area contributed by atoms with E-state index in [0.717, 1.165) is 13.1 Å². The molecule has 2 nitrogen and oxygen atoms in total. The minimum Gasteiger partial charge on any atom is -0.311 e. The highest BCUT2D eigenvalue weighted by molar-refractivity contribution is 7.82. The number of hydrogen-bond acceptors (Lipinski definition) is 4. The van der Waals surface area contributed by atoms with Gasteiger partial charge >= 0.3 is 0 Å². The number of rotatable bonds is 6. The van der Waals surface area contributed by atoms with E-state index in [1.165, 1.54) is 25.7 Å². The summed E-state index contributed by atoms with van der Waals surface area (Å²) in [5.41, 5.74) is 0. The molecule has 18 heavy (non-hydrogen) atoms. The van der Waals surface area contributed by atoms with Crippen molar-refractivity contribution in [2.24, 2.45) is 0 Å². The van der Waals surface area contributed by atoms with Crippen molar-refractivity contribution in [3.8, 4) is 0 Å². The summed E-state index contributed by atoms with van der Waals surface area (Å²) in [6.07, 6.45) is 5.23. The molecule has 2 N–H and O–H groups in total. The Hall–Kier alpha value is 0.620. The third-order valence-electron chi connectivity index (χ3n) is 3.36. The van der Waals surface area contributed by atoms with E-state index < -0.39 is 0 Å². The first kappa shape index (κ1) is 16.7. The van der Waals surface area contributed by atoms with Gasteiger partial charge in [-0.3, -0.25) is 0 Å². The normalized spacial score (nSPS) is 26.3. The maximum atomic E-state index is 4.59. The molecule has 1 rings (SSSR count).